The topological polar surface area (TPSA) is 147 Å². The molecular formula is C19H28N2O7. The molecule has 0 fully saturated rings. The molecule has 5 N–H and O–H groups in total. The number of carbonyl (C=O) groups is 3. The summed E-state index contributed by atoms with van der Waals surface area (Å²) in [4.78, 5) is 35.6. The maximum Gasteiger partial charge on any atom is 0.321 e. The van der Waals surface area contributed by atoms with Gasteiger partial charge in [0.15, 0.2) is 0 Å². The first-order valence-corrected chi connectivity index (χ1v) is 9.08. The Morgan fingerprint density at radius 3 is 2.14 bits per heavy atom. The minimum Gasteiger partial charge on any atom is -0.508 e. The molecule has 9 nitrogen and oxygen atoms in total. The molecule has 9 heteroatoms. The van der Waals surface area contributed by atoms with Crippen LogP contribution in [-0.2, 0) is 20.8 Å². The summed E-state index contributed by atoms with van der Waals surface area (Å²) in [7, 11) is 0. The van der Waals surface area contributed by atoms with Gasteiger partial charge in [-0.1, -0.05) is 32.4 Å². The molecule has 0 amide bonds. The quantitative estimate of drug-likeness (QED) is 0.327. The second-order valence-electron chi connectivity index (χ2n) is 6.75. The van der Waals surface area contributed by atoms with Crippen LogP contribution in [0, 0.1) is 5.92 Å². The molecule has 2 unspecified atom stereocenters. The average Bonchev–Trinajstić information content (AvgIpc) is 2.61. The first-order valence-electron chi connectivity index (χ1n) is 9.08. The number of aromatic hydroxyl groups is 1. The molecule has 0 spiro atoms. The molecule has 0 bridgehead atoms. The van der Waals surface area contributed by atoms with Crippen molar-refractivity contribution in [1.29, 1.82) is 0 Å². The van der Waals surface area contributed by atoms with Crippen molar-refractivity contribution >= 4 is 17.9 Å². The summed E-state index contributed by atoms with van der Waals surface area (Å²) in [5.74, 6) is -3.50. The summed E-state index contributed by atoms with van der Waals surface area (Å²) >= 11 is 0. The highest BCUT2D eigenvalue weighted by molar-refractivity contribution is 5.76. The normalized spacial score (nSPS) is 14.4. The van der Waals surface area contributed by atoms with Crippen LogP contribution >= 0.6 is 0 Å². The van der Waals surface area contributed by atoms with E-state index in [-0.39, 0.29) is 31.2 Å². The smallest absolute Gasteiger partial charge is 0.321 e. The van der Waals surface area contributed by atoms with E-state index in [1.165, 1.54) is 17.0 Å². The first kappa shape index (κ1) is 23.4. The number of nitrogens with one attached hydrogen (secondary N) is 1. The van der Waals surface area contributed by atoms with Crippen molar-refractivity contribution < 1.29 is 34.8 Å². The zero-order valence-electron chi connectivity index (χ0n) is 16.0. The third-order valence-corrected chi connectivity index (χ3v) is 4.63. The molecule has 1 aromatic rings. The molecule has 28 heavy (non-hydrogen) atoms. The van der Waals surface area contributed by atoms with Gasteiger partial charge in [0.2, 0.25) is 0 Å². The largest absolute Gasteiger partial charge is 0.508 e. The van der Waals surface area contributed by atoms with Gasteiger partial charge in [0, 0.05) is 13.1 Å². The second-order valence-corrected chi connectivity index (χ2v) is 6.75. The molecule has 1 aromatic carbocycles. The lowest BCUT2D eigenvalue weighted by Crippen LogP contribution is -2.51. The van der Waals surface area contributed by atoms with Crippen molar-refractivity contribution in [1.82, 2.24) is 10.2 Å². The van der Waals surface area contributed by atoms with Crippen LogP contribution in [0.25, 0.3) is 0 Å². The summed E-state index contributed by atoms with van der Waals surface area (Å²) in [6.45, 7) is 3.32. The Labute approximate surface area is 163 Å². The fraction of sp³-hybridized carbons (Fsp3) is 0.526. The van der Waals surface area contributed by atoms with E-state index in [0.29, 0.717) is 12.0 Å². The van der Waals surface area contributed by atoms with Crippen molar-refractivity contribution in [2.75, 3.05) is 19.6 Å². The Bertz CT molecular complexity index is 663. The van der Waals surface area contributed by atoms with Gasteiger partial charge >= 0.3 is 17.9 Å². The molecule has 0 aliphatic rings. The fourth-order valence-electron chi connectivity index (χ4n) is 2.97. The van der Waals surface area contributed by atoms with Gasteiger partial charge in [-0.25, -0.2) is 0 Å². The zero-order valence-corrected chi connectivity index (χ0v) is 16.0. The number of nitrogens with zero attached hydrogens (tertiary/aromatic N) is 1. The number of carboxylic acid groups (broad SMARTS) is 3. The number of phenolic OH excluding ortho intramolecular Hbond substituents is 1. The van der Waals surface area contributed by atoms with Crippen molar-refractivity contribution in [2.24, 2.45) is 5.92 Å². The highest BCUT2D eigenvalue weighted by atomic mass is 16.4. The molecule has 0 aliphatic heterocycles. The van der Waals surface area contributed by atoms with E-state index in [0.717, 1.165) is 0 Å². The Hall–Kier alpha value is -2.65. The standard InChI is InChI=1S/C19H28N2O7/c1-3-12(2)17(19(27)28)21(11-16(23)24)9-8-20-15(18(25)26)10-13-4-6-14(22)7-5-13/h4-7,12,15,17,20,22H,3,8-11H2,1-2H3,(H,23,24)(H,25,26)(H,27,28)/t12?,15-,17?/m0/s1. The Morgan fingerprint density at radius 1 is 1.07 bits per heavy atom. The molecule has 3 atom stereocenters. The predicted octanol–water partition coefficient (Wildman–Crippen LogP) is 0.863. The van der Waals surface area contributed by atoms with E-state index in [2.05, 4.69) is 5.32 Å². The van der Waals surface area contributed by atoms with Crippen molar-refractivity contribution in [2.45, 2.75) is 38.8 Å². The third kappa shape index (κ3) is 7.53. The van der Waals surface area contributed by atoms with Gasteiger partial charge in [-0.3, -0.25) is 19.3 Å². The maximum absolute atomic E-state index is 11.6. The maximum atomic E-state index is 11.6. The highest BCUT2D eigenvalue weighted by Crippen LogP contribution is 2.15. The van der Waals surface area contributed by atoms with E-state index in [4.69, 9.17) is 5.11 Å². The lowest BCUT2D eigenvalue weighted by molar-refractivity contribution is -0.148. The van der Waals surface area contributed by atoms with Crippen LogP contribution in [0.2, 0.25) is 0 Å². The van der Waals surface area contributed by atoms with Gasteiger partial charge < -0.3 is 25.7 Å². The van der Waals surface area contributed by atoms with Crippen LogP contribution < -0.4 is 5.32 Å². The summed E-state index contributed by atoms with van der Waals surface area (Å²) in [6, 6.07) is 4.27. The lowest BCUT2D eigenvalue weighted by Gasteiger charge is -2.31. The molecular weight excluding hydrogens is 368 g/mol. The third-order valence-electron chi connectivity index (χ3n) is 4.63. The van der Waals surface area contributed by atoms with Gasteiger partial charge in [-0.15, -0.1) is 0 Å². The number of phenols is 1. The average molecular weight is 396 g/mol. The number of benzene rings is 1. The van der Waals surface area contributed by atoms with E-state index >= 15 is 0 Å². The van der Waals surface area contributed by atoms with Crippen LogP contribution in [0.4, 0.5) is 0 Å². The number of hydrogen-bond donors (Lipinski definition) is 5. The second kappa shape index (κ2) is 11.3. The highest BCUT2D eigenvalue weighted by Gasteiger charge is 2.31. The summed E-state index contributed by atoms with van der Waals surface area (Å²) in [5, 5.41) is 40.2. The van der Waals surface area contributed by atoms with Gasteiger partial charge in [-0.05, 0) is 30.0 Å². The number of hydrogen-bond acceptors (Lipinski definition) is 6. The SMILES string of the molecule is CCC(C)C(C(=O)O)N(CCN[C@@H](Cc1ccc(O)cc1)C(=O)O)CC(=O)O. The van der Waals surface area contributed by atoms with Crippen LogP contribution in [0.3, 0.4) is 0 Å². The predicted molar refractivity (Wildman–Crippen MR) is 101 cm³/mol. The van der Waals surface area contributed by atoms with E-state index in [1.54, 1.807) is 19.1 Å². The molecule has 0 heterocycles. The van der Waals surface area contributed by atoms with Crippen molar-refractivity contribution in [3.63, 3.8) is 0 Å². The molecule has 0 aromatic heterocycles. The van der Waals surface area contributed by atoms with Crippen LogP contribution in [0.1, 0.15) is 25.8 Å². The van der Waals surface area contributed by atoms with Crippen LogP contribution in [0.15, 0.2) is 24.3 Å². The fourth-order valence-corrected chi connectivity index (χ4v) is 2.97. The molecule has 1 rings (SSSR count). The number of carboxylic acids is 3. The summed E-state index contributed by atoms with van der Waals surface area (Å²) in [6.07, 6.45) is 0.737. The van der Waals surface area contributed by atoms with Crippen molar-refractivity contribution in [3.05, 3.63) is 29.8 Å². The lowest BCUT2D eigenvalue weighted by atomic mass is 9.97. The van der Waals surface area contributed by atoms with Gasteiger partial charge in [-0.2, -0.15) is 0 Å². The summed E-state index contributed by atoms with van der Waals surface area (Å²) < 4.78 is 0. The Kier molecular flexibility index (Phi) is 9.40. The Morgan fingerprint density at radius 2 is 1.68 bits per heavy atom. The number of aliphatic carboxylic acids is 3. The van der Waals surface area contributed by atoms with Crippen LogP contribution in [0.5, 0.6) is 5.75 Å². The van der Waals surface area contributed by atoms with Crippen LogP contribution in [-0.4, -0.2) is 75.0 Å². The van der Waals surface area contributed by atoms with E-state index in [1.807, 2.05) is 6.92 Å². The van der Waals surface area contributed by atoms with Gasteiger partial charge in [0.25, 0.3) is 0 Å². The molecule has 0 aliphatic carbocycles. The minimum absolute atomic E-state index is 0.0764. The zero-order chi connectivity index (χ0) is 21.3. The van der Waals surface area contributed by atoms with E-state index in [9.17, 15) is 29.7 Å². The minimum atomic E-state index is -1.14. The van der Waals surface area contributed by atoms with E-state index < -0.39 is 36.5 Å². The molecule has 0 saturated carbocycles. The first-order chi connectivity index (χ1) is 13.1. The van der Waals surface area contributed by atoms with Gasteiger partial charge in [0.1, 0.15) is 17.8 Å². The molecule has 0 saturated heterocycles. The number of rotatable bonds is 13. The van der Waals surface area contributed by atoms with Crippen molar-refractivity contribution in [3.8, 4) is 5.75 Å². The van der Waals surface area contributed by atoms with Gasteiger partial charge in [0.05, 0.1) is 6.54 Å². The molecule has 0 radical (unpaired) electrons. The summed E-state index contributed by atoms with van der Waals surface area (Å²) in [5.41, 5.74) is 0.711. The monoisotopic (exact) mass is 396 g/mol. The Balaban J connectivity index is 2.77. The molecule has 156 valence electrons.